The van der Waals surface area contributed by atoms with Crippen LogP contribution in [0.4, 0.5) is 10.1 Å². The molecular weight excluding hydrogens is 245 g/mol. The van der Waals surface area contributed by atoms with Crippen LogP contribution in [0.3, 0.4) is 0 Å². The van der Waals surface area contributed by atoms with E-state index in [4.69, 9.17) is 5.11 Å². The second-order valence-electron chi connectivity index (χ2n) is 4.37. The van der Waals surface area contributed by atoms with E-state index in [0.29, 0.717) is 5.69 Å². The van der Waals surface area contributed by atoms with Crippen LogP contribution in [-0.2, 0) is 0 Å². The van der Waals surface area contributed by atoms with E-state index in [1.54, 1.807) is 6.07 Å². The van der Waals surface area contributed by atoms with Gasteiger partial charge in [-0.15, -0.1) is 0 Å². The Morgan fingerprint density at radius 3 is 2.63 bits per heavy atom. The molecule has 0 saturated heterocycles. The maximum absolute atomic E-state index is 13.6. The summed E-state index contributed by atoms with van der Waals surface area (Å²) in [7, 11) is 0. The zero-order valence-electron chi connectivity index (χ0n) is 10.7. The number of nitrogens with one attached hydrogen (secondary N) is 1. The number of benzene rings is 2. The Morgan fingerprint density at radius 1 is 1.21 bits per heavy atom. The number of rotatable bonds is 2. The van der Waals surface area contributed by atoms with Gasteiger partial charge in [0.1, 0.15) is 11.6 Å². The Kier molecular flexibility index (Phi) is 3.51. The van der Waals surface area contributed by atoms with Crippen molar-refractivity contribution >= 4 is 11.6 Å². The van der Waals surface area contributed by atoms with E-state index in [9.17, 15) is 9.18 Å². The summed E-state index contributed by atoms with van der Waals surface area (Å²) in [5, 5.41) is 11.8. The normalized spacial score (nSPS) is 10.3. The number of carbonyl (C=O) groups excluding carboxylic acids is 1. The summed E-state index contributed by atoms with van der Waals surface area (Å²) in [4.78, 5) is 12.0. The maximum atomic E-state index is 13.6. The van der Waals surface area contributed by atoms with E-state index in [1.807, 2.05) is 26.0 Å². The molecule has 2 N–H and O–H groups in total. The average Bonchev–Trinajstić information content (AvgIpc) is 2.34. The molecule has 3 nitrogen and oxygen atoms in total. The summed E-state index contributed by atoms with van der Waals surface area (Å²) < 4.78 is 13.6. The number of carbonyl (C=O) groups is 1. The number of aryl methyl sites for hydroxylation is 1. The van der Waals surface area contributed by atoms with E-state index >= 15 is 0 Å². The van der Waals surface area contributed by atoms with Crippen molar-refractivity contribution in [3.05, 3.63) is 58.9 Å². The van der Waals surface area contributed by atoms with E-state index < -0.39 is 11.7 Å². The Bertz CT molecular complexity index is 638. The van der Waals surface area contributed by atoms with E-state index in [-0.39, 0.29) is 11.3 Å². The number of phenolic OH excluding ortho intramolecular Hbond substituents is 1. The number of anilines is 1. The van der Waals surface area contributed by atoms with Crippen molar-refractivity contribution in [2.45, 2.75) is 13.8 Å². The van der Waals surface area contributed by atoms with Crippen LogP contribution in [0.25, 0.3) is 0 Å². The van der Waals surface area contributed by atoms with Crippen molar-refractivity contribution in [3.63, 3.8) is 0 Å². The summed E-state index contributed by atoms with van der Waals surface area (Å²) in [6, 6.07) is 8.97. The van der Waals surface area contributed by atoms with Gasteiger partial charge in [-0.25, -0.2) is 4.39 Å². The van der Waals surface area contributed by atoms with E-state index in [2.05, 4.69) is 5.32 Å². The highest BCUT2D eigenvalue weighted by Crippen LogP contribution is 2.20. The topological polar surface area (TPSA) is 49.3 Å². The number of halogens is 1. The Balaban J connectivity index is 2.28. The van der Waals surface area contributed by atoms with Crippen LogP contribution in [0.2, 0.25) is 0 Å². The van der Waals surface area contributed by atoms with Crippen molar-refractivity contribution in [1.82, 2.24) is 0 Å². The molecule has 0 atom stereocenters. The summed E-state index contributed by atoms with van der Waals surface area (Å²) in [5.41, 5.74) is 2.54. The van der Waals surface area contributed by atoms with Gasteiger partial charge < -0.3 is 10.4 Å². The van der Waals surface area contributed by atoms with Crippen LogP contribution in [0.5, 0.6) is 5.75 Å². The van der Waals surface area contributed by atoms with Crippen LogP contribution >= 0.6 is 0 Å². The van der Waals surface area contributed by atoms with Crippen molar-refractivity contribution in [3.8, 4) is 5.75 Å². The standard InChI is InChI=1S/C15H14FNO2/c1-9-4-3-5-14(10(9)2)17-15(19)12-7-6-11(18)8-13(12)16/h3-8,18H,1-2H3,(H,17,19). The van der Waals surface area contributed by atoms with Gasteiger partial charge in [0.25, 0.3) is 5.91 Å². The first kappa shape index (κ1) is 13.1. The molecule has 1 amide bonds. The lowest BCUT2D eigenvalue weighted by Gasteiger charge is -2.10. The molecule has 0 bridgehead atoms. The van der Waals surface area contributed by atoms with E-state index in [0.717, 1.165) is 17.2 Å². The van der Waals surface area contributed by atoms with Gasteiger partial charge in [0, 0.05) is 11.8 Å². The first-order valence-corrected chi connectivity index (χ1v) is 5.85. The fraction of sp³-hybridized carbons (Fsp3) is 0.133. The highest BCUT2D eigenvalue weighted by atomic mass is 19.1. The molecule has 2 rings (SSSR count). The molecule has 0 aliphatic heterocycles. The van der Waals surface area contributed by atoms with Crippen molar-refractivity contribution in [1.29, 1.82) is 0 Å². The number of amides is 1. The first-order chi connectivity index (χ1) is 8.99. The van der Waals surface area contributed by atoms with Gasteiger partial charge in [-0.05, 0) is 43.2 Å². The second-order valence-corrected chi connectivity index (χ2v) is 4.37. The van der Waals surface area contributed by atoms with Crippen LogP contribution in [0.15, 0.2) is 36.4 Å². The minimum atomic E-state index is -0.747. The summed E-state index contributed by atoms with van der Waals surface area (Å²) in [6.45, 7) is 3.82. The lowest BCUT2D eigenvalue weighted by atomic mass is 10.1. The summed E-state index contributed by atoms with van der Waals surface area (Å²) >= 11 is 0. The monoisotopic (exact) mass is 259 g/mol. The third-order valence-electron chi connectivity index (χ3n) is 3.05. The quantitative estimate of drug-likeness (QED) is 0.868. The van der Waals surface area contributed by atoms with Gasteiger partial charge in [0.2, 0.25) is 0 Å². The Hall–Kier alpha value is -2.36. The minimum absolute atomic E-state index is 0.0984. The number of hydrogen-bond acceptors (Lipinski definition) is 2. The predicted octanol–water partition coefficient (Wildman–Crippen LogP) is 3.40. The SMILES string of the molecule is Cc1cccc(NC(=O)c2ccc(O)cc2F)c1C. The third kappa shape index (κ3) is 2.73. The largest absolute Gasteiger partial charge is 0.508 e. The molecule has 98 valence electrons. The van der Waals surface area contributed by atoms with Crippen LogP contribution in [0.1, 0.15) is 21.5 Å². The zero-order valence-corrected chi connectivity index (χ0v) is 10.7. The lowest BCUT2D eigenvalue weighted by Crippen LogP contribution is -2.14. The number of hydrogen-bond donors (Lipinski definition) is 2. The molecule has 4 heteroatoms. The molecule has 19 heavy (non-hydrogen) atoms. The first-order valence-electron chi connectivity index (χ1n) is 5.85. The third-order valence-corrected chi connectivity index (χ3v) is 3.05. The van der Waals surface area contributed by atoms with Crippen molar-refractivity contribution < 1.29 is 14.3 Å². The molecule has 0 aromatic heterocycles. The van der Waals surface area contributed by atoms with Gasteiger partial charge in [-0.2, -0.15) is 0 Å². The number of phenols is 1. The molecule has 0 spiro atoms. The molecule has 2 aromatic carbocycles. The smallest absolute Gasteiger partial charge is 0.258 e. The number of aromatic hydroxyl groups is 1. The highest BCUT2D eigenvalue weighted by molar-refractivity contribution is 6.05. The molecule has 0 fully saturated rings. The Morgan fingerprint density at radius 2 is 1.95 bits per heavy atom. The molecule has 2 aromatic rings. The second kappa shape index (κ2) is 5.10. The van der Waals surface area contributed by atoms with Gasteiger partial charge in [-0.1, -0.05) is 12.1 Å². The average molecular weight is 259 g/mol. The summed E-state index contributed by atoms with van der Waals surface area (Å²) in [5.74, 6) is -1.49. The fourth-order valence-electron chi connectivity index (χ4n) is 1.76. The molecule has 0 aliphatic rings. The Labute approximate surface area is 110 Å². The van der Waals surface area contributed by atoms with Crippen LogP contribution in [-0.4, -0.2) is 11.0 Å². The molecule has 0 unspecified atom stereocenters. The highest BCUT2D eigenvalue weighted by Gasteiger charge is 2.13. The maximum Gasteiger partial charge on any atom is 0.258 e. The zero-order chi connectivity index (χ0) is 14.0. The van der Waals surface area contributed by atoms with Crippen LogP contribution < -0.4 is 5.32 Å². The van der Waals surface area contributed by atoms with Crippen molar-refractivity contribution in [2.75, 3.05) is 5.32 Å². The molecule has 0 radical (unpaired) electrons. The predicted molar refractivity (Wildman–Crippen MR) is 71.9 cm³/mol. The van der Waals surface area contributed by atoms with Gasteiger partial charge in [0.15, 0.2) is 0 Å². The van der Waals surface area contributed by atoms with Crippen LogP contribution in [0, 0.1) is 19.7 Å². The van der Waals surface area contributed by atoms with E-state index in [1.165, 1.54) is 12.1 Å². The molecule has 0 heterocycles. The molecule has 0 saturated carbocycles. The molecular formula is C15H14FNO2. The van der Waals surface area contributed by atoms with Gasteiger partial charge in [0.05, 0.1) is 5.56 Å². The fourth-order valence-corrected chi connectivity index (χ4v) is 1.76. The van der Waals surface area contributed by atoms with Crippen molar-refractivity contribution in [2.24, 2.45) is 0 Å². The molecule has 0 aliphatic carbocycles. The summed E-state index contributed by atoms with van der Waals surface area (Å²) in [6.07, 6.45) is 0. The lowest BCUT2D eigenvalue weighted by molar-refractivity contribution is 0.102. The van der Waals surface area contributed by atoms with Gasteiger partial charge >= 0.3 is 0 Å². The minimum Gasteiger partial charge on any atom is -0.508 e. The van der Waals surface area contributed by atoms with Gasteiger partial charge in [-0.3, -0.25) is 4.79 Å².